The molecule has 1 N–H and O–H groups in total. The maximum absolute atomic E-state index is 10.9. The first kappa shape index (κ1) is 13.5. The van der Waals surface area contributed by atoms with Crippen LogP contribution in [0.15, 0.2) is 12.1 Å². The molecular formula is C16H18N4O2. The van der Waals surface area contributed by atoms with Gasteiger partial charge in [0.25, 0.3) is 0 Å². The van der Waals surface area contributed by atoms with Gasteiger partial charge in [-0.1, -0.05) is 0 Å². The number of pyridine rings is 1. The molecule has 22 heavy (non-hydrogen) atoms. The molecule has 0 amide bonds. The summed E-state index contributed by atoms with van der Waals surface area (Å²) in [5.41, 5.74) is -0.336. The second-order valence-electron chi connectivity index (χ2n) is 7.03. The van der Waals surface area contributed by atoms with Crippen LogP contribution in [0.25, 0.3) is 0 Å². The van der Waals surface area contributed by atoms with Crippen molar-refractivity contribution in [3.8, 4) is 6.07 Å². The normalized spacial score (nSPS) is 35.1. The largest absolute Gasteiger partial charge is 0.367 e. The SMILES string of the molecule is N#Cc1nc(NC2C3CC4CC(C3)CC2C4)ccc1[N+](=O)[O-]. The van der Waals surface area contributed by atoms with Gasteiger partial charge in [0, 0.05) is 12.1 Å². The molecule has 4 aliphatic rings. The van der Waals surface area contributed by atoms with Crippen molar-refractivity contribution >= 4 is 11.5 Å². The Morgan fingerprint density at radius 2 is 1.82 bits per heavy atom. The molecule has 4 saturated carbocycles. The molecule has 114 valence electrons. The molecule has 4 aliphatic carbocycles. The van der Waals surface area contributed by atoms with E-state index in [-0.39, 0.29) is 11.4 Å². The van der Waals surface area contributed by atoms with Crippen LogP contribution in [0.3, 0.4) is 0 Å². The first-order chi connectivity index (χ1) is 10.6. The van der Waals surface area contributed by atoms with Gasteiger partial charge in [0.1, 0.15) is 11.9 Å². The van der Waals surface area contributed by atoms with Crippen LogP contribution in [0, 0.1) is 45.1 Å². The van der Waals surface area contributed by atoms with E-state index in [2.05, 4.69) is 10.3 Å². The average Bonchev–Trinajstić information content (AvgIpc) is 2.49. The van der Waals surface area contributed by atoms with Gasteiger partial charge >= 0.3 is 5.69 Å². The average molecular weight is 298 g/mol. The topological polar surface area (TPSA) is 91.8 Å². The van der Waals surface area contributed by atoms with Crippen LogP contribution in [0.2, 0.25) is 0 Å². The number of anilines is 1. The third-order valence-electron chi connectivity index (χ3n) is 5.72. The summed E-state index contributed by atoms with van der Waals surface area (Å²) >= 11 is 0. The molecule has 0 saturated heterocycles. The molecule has 0 aromatic carbocycles. The van der Waals surface area contributed by atoms with Crippen LogP contribution >= 0.6 is 0 Å². The summed E-state index contributed by atoms with van der Waals surface area (Å²) in [6, 6.07) is 5.24. The van der Waals surface area contributed by atoms with Crippen molar-refractivity contribution in [1.29, 1.82) is 5.26 Å². The lowest BCUT2D eigenvalue weighted by Crippen LogP contribution is -2.51. The molecule has 5 rings (SSSR count). The molecule has 1 heterocycles. The summed E-state index contributed by atoms with van der Waals surface area (Å²) in [7, 11) is 0. The number of hydrogen-bond acceptors (Lipinski definition) is 5. The quantitative estimate of drug-likeness (QED) is 0.683. The Hall–Kier alpha value is -2.16. The minimum Gasteiger partial charge on any atom is -0.367 e. The number of nitro groups is 1. The Labute approximate surface area is 128 Å². The number of nitrogens with zero attached hydrogens (tertiary/aromatic N) is 3. The van der Waals surface area contributed by atoms with Crippen LogP contribution in [-0.4, -0.2) is 15.9 Å². The summed E-state index contributed by atoms with van der Waals surface area (Å²) in [5, 5.41) is 23.4. The predicted octanol–water partition coefficient (Wildman–Crippen LogP) is 3.10. The highest BCUT2D eigenvalue weighted by molar-refractivity contribution is 5.51. The van der Waals surface area contributed by atoms with Gasteiger partial charge in [-0.25, -0.2) is 4.98 Å². The van der Waals surface area contributed by atoms with E-state index in [1.54, 1.807) is 6.07 Å². The standard InChI is InChI=1S/C16H18N4O2/c17-8-13-14(20(21)22)1-2-15(18-13)19-16-11-4-9-3-10(6-11)7-12(16)5-9/h1-2,9-12,16H,3-7H2,(H,18,19). The molecule has 4 bridgehead atoms. The van der Waals surface area contributed by atoms with E-state index in [4.69, 9.17) is 5.26 Å². The fourth-order valence-corrected chi connectivity index (χ4v) is 5.09. The Morgan fingerprint density at radius 3 is 2.36 bits per heavy atom. The number of aromatic nitrogens is 1. The molecule has 0 spiro atoms. The van der Waals surface area contributed by atoms with Crippen molar-refractivity contribution in [3.05, 3.63) is 27.9 Å². The fraction of sp³-hybridized carbons (Fsp3) is 0.625. The summed E-state index contributed by atoms with van der Waals surface area (Å²) in [4.78, 5) is 14.5. The second-order valence-corrected chi connectivity index (χ2v) is 7.03. The highest BCUT2D eigenvalue weighted by Gasteiger charge is 2.48. The smallest absolute Gasteiger partial charge is 0.305 e. The van der Waals surface area contributed by atoms with Crippen molar-refractivity contribution in [2.45, 2.75) is 38.1 Å². The van der Waals surface area contributed by atoms with Crippen molar-refractivity contribution in [2.24, 2.45) is 23.7 Å². The summed E-state index contributed by atoms with van der Waals surface area (Å²) < 4.78 is 0. The molecule has 6 nitrogen and oxygen atoms in total. The Kier molecular flexibility index (Phi) is 3.03. The molecule has 0 unspecified atom stereocenters. The van der Waals surface area contributed by atoms with E-state index in [1.807, 2.05) is 6.07 Å². The van der Waals surface area contributed by atoms with Gasteiger partial charge in [-0.2, -0.15) is 5.26 Å². The van der Waals surface area contributed by atoms with Crippen molar-refractivity contribution in [1.82, 2.24) is 4.98 Å². The van der Waals surface area contributed by atoms with Crippen LogP contribution in [0.1, 0.15) is 37.8 Å². The monoisotopic (exact) mass is 298 g/mol. The van der Waals surface area contributed by atoms with E-state index in [1.165, 1.54) is 38.2 Å². The van der Waals surface area contributed by atoms with Crippen LogP contribution in [0.5, 0.6) is 0 Å². The van der Waals surface area contributed by atoms with Crippen molar-refractivity contribution in [2.75, 3.05) is 5.32 Å². The molecule has 0 aliphatic heterocycles. The Morgan fingerprint density at radius 1 is 1.18 bits per heavy atom. The zero-order valence-electron chi connectivity index (χ0n) is 12.2. The lowest BCUT2D eigenvalue weighted by molar-refractivity contribution is -0.385. The highest BCUT2D eigenvalue weighted by atomic mass is 16.6. The zero-order valence-corrected chi connectivity index (χ0v) is 12.2. The van der Waals surface area contributed by atoms with Gasteiger partial charge in [-0.3, -0.25) is 10.1 Å². The van der Waals surface area contributed by atoms with E-state index in [9.17, 15) is 10.1 Å². The molecule has 1 aromatic rings. The van der Waals surface area contributed by atoms with Gasteiger partial charge in [-0.05, 0) is 61.8 Å². The summed E-state index contributed by atoms with van der Waals surface area (Å²) in [6.45, 7) is 0. The lowest BCUT2D eigenvalue weighted by Gasteiger charge is -2.54. The van der Waals surface area contributed by atoms with Crippen LogP contribution in [-0.2, 0) is 0 Å². The number of hydrogen-bond donors (Lipinski definition) is 1. The van der Waals surface area contributed by atoms with Crippen LogP contribution < -0.4 is 5.32 Å². The molecule has 0 atom stereocenters. The number of nitrogens with one attached hydrogen (secondary N) is 1. The zero-order chi connectivity index (χ0) is 15.3. The summed E-state index contributed by atoms with van der Waals surface area (Å²) in [5.74, 6) is 3.79. The molecule has 6 heteroatoms. The van der Waals surface area contributed by atoms with Gasteiger partial charge in [0.2, 0.25) is 5.69 Å². The van der Waals surface area contributed by atoms with Gasteiger partial charge in [0.05, 0.1) is 4.92 Å². The minimum absolute atomic E-state index is 0.112. The number of rotatable bonds is 3. The minimum atomic E-state index is -0.557. The van der Waals surface area contributed by atoms with Crippen molar-refractivity contribution < 1.29 is 4.92 Å². The van der Waals surface area contributed by atoms with Crippen molar-refractivity contribution in [3.63, 3.8) is 0 Å². The highest BCUT2D eigenvalue weighted by Crippen LogP contribution is 2.54. The third kappa shape index (κ3) is 2.12. The molecule has 4 fully saturated rings. The Bertz CT molecular complexity index is 639. The maximum Gasteiger partial charge on any atom is 0.305 e. The van der Waals surface area contributed by atoms with Gasteiger partial charge < -0.3 is 5.32 Å². The van der Waals surface area contributed by atoms with Crippen LogP contribution in [0.4, 0.5) is 11.5 Å². The van der Waals surface area contributed by atoms with E-state index in [0.29, 0.717) is 23.7 Å². The predicted molar refractivity (Wildman–Crippen MR) is 80.1 cm³/mol. The Balaban J connectivity index is 1.57. The van der Waals surface area contributed by atoms with E-state index in [0.717, 1.165) is 11.8 Å². The number of nitriles is 1. The first-order valence-electron chi connectivity index (χ1n) is 7.96. The fourth-order valence-electron chi connectivity index (χ4n) is 5.09. The molecule has 0 radical (unpaired) electrons. The van der Waals surface area contributed by atoms with Gasteiger partial charge in [0.15, 0.2) is 0 Å². The van der Waals surface area contributed by atoms with Gasteiger partial charge in [-0.15, -0.1) is 0 Å². The first-order valence-corrected chi connectivity index (χ1v) is 7.96. The third-order valence-corrected chi connectivity index (χ3v) is 5.72. The van der Waals surface area contributed by atoms with E-state index < -0.39 is 4.92 Å². The molecule has 1 aromatic heterocycles. The maximum atomic E-state index is 10.9. The molecular weight excluding hydrogens is 280 g/mol. The summed E-state index contributed by atoms with van der Waals surface area (Å²) in [6.07, 6.45) is 6.59. The van der Waals surface area contributed by atoms with E-state index >= 15 is 0 Å². The second kappa shape index (κ2) is 4.94. The lowest BCUT2D eigenvalue weighted by atomic mass is 9.54.